The van der Waals surface area contributed by atoms with E-state index in [1.807, 2.05) is 25.1 Å². The van der Waals surface area contributed by atoms with Crippen molar-refractivity contribution >= 4 is 16.9 Å². The number of carbonyl (C=O) groups excluding carboxylic acids is 1. The van der Waals surface area contributed by atoms with Crippen LogP contribution in [-0.4, -0.2) is 27.0 Å². The second-order valence-corrected chi connectivity index (χ2v) is 7.99. The van der Waals surface area contributed by atoms with E-state index in [1.54, 1.807) is 24.4 Å². The fourth-order valence-electron chi connectivity index (χ4n) is 3.76. The molecule has 0 bridgehead atoms. The average Bonchev–Trinajstić information content (AvgIpc) is 3.18. The molecule has 32 heavy (non-hydrogen) atoms. The first-order valence-electron chi connectivity index (χ1n) is 10.9. The number of nitrogens with one attached hydrogen (secondary N) is 1. The number of hydrogen-bond acceptors (Lipinski definition) is 4. The number of fused-ring (bicyclic) bond motifs is 1. The van der Waals surface area contributed by atoms with E-state index in [9.17, 15) is 4.79 Å². The lowest BCUT2D eigenvalue weighted by Crippen LogP contribution is -2.29. The Hall–Kier alpha value is -3.67. The second-order valence-electron chi connectivity index (χ2n) is 7.99. The zero-order valence-electron chi connectivity index (χ0n) is 18.7. The molecule has 6 heteroatoms. The Morgan fingerprint density at radius 2 is 1.91 bits per heavy atom. The molecule has 2 aromatic carbocycles. The standard InChI is InChI=1S/C26H28N4O2/c1-18-12-13-19(2)24(17-18)32-16-8-15-30-23-11-5-4-9-21(23)29-25(30)20(3)28-26(31)22-10-6-7-14-27-22/h4-7,9-14,17,20H,8,15-16H2,1-3H3,(H,28,31). The predicted octanol–water partition coefficient (Wildman–Crippen LogP) is 5.01. The Balaban J connectivity index is 1.48. The Morgan fingerprint density at radius 3 is 2.72 bits per heavy atom. The number of aromatic nitrogens is 3. The number of para-hydroxylation sites is 2. The molecule has 0 saturated heterocycles. The van der Waals surface area contributed by atoms with E-state index in [2.05, 4.69) is 53.0 Å². The van der Waals surface area contributed by atoms with E-state index in [1.165, 1.54) is 5.56 Å². The third-order valence-electron chi connectivity index (χ3n) is 5.44. The minimum Gasteiger partial charge on any atom is -0.493 e. The number of nitrogens with zero attached hydrogens (tertiary/aromatic N) is 3. The van der Waals surface area contributed by atoms with Crippen LogP contribution in [0.2, 0.25) is 0 Å². The molecule has 0 saturated carbocycles. The van der Waals surface area contributed by atoms with Gasteiger partial charge in [-0.25, -0.2) is 4.98 Å². The summed E-state index contributed by atoms with van der Waals surface area (Å²) in [6.07, 6.45) is 2.44. The van der Waals surface area contributed by atoms with Crippen LogP contribution in [-0.2, 0) is 6.54 Å². The molecular weight excluding hydrogens is 400 g/mol. The van der Waals surface area contributed by atoms with Gasteiger partial charge in [-0.15, -0.1) is 0 Å². The molecular formula is C26H28N4O2. The number of amides is 1. The van der Waals surface area contributed by atoms with E-state index in [4.69, 9.17) is 9.72 Å². The molecule has 1 amide bonds. The number of aryl methyl sites for hydroxylation is 3. The first kappa shape index (κ1) is 21.6. The number of benzene rings is 2. The minimum absolute atomic E-state index is 0.213. The van der Waals surface area contributed by atoms with E-state index < -0.39 is 0 Å². The SMILES string of the molecule is Cc1ccc(C)c(OCCCn2c(C(C)NC(=O)c3ccccn3)nc3ccccc32)c1. The van der Waals surface area contributed by atoms with Gasteiger partial charge in [-0.05, 0) is 68.7 Å². The van der Waals surface area contributed by atoms with Gasteiger partial charge in [0, 0.05) is 12.7 Å². The van der Waals surface area contributed by atoms with Gasteiger partial charge in [-0.1, -0.05) is 30.3 Å². The van der Waals surface area contributed by atoms with E-state index >= 15 is 0 Å². The highest BCUT2D eigenvalue weighted by Gasteiger charge is 2.19. The van der Waals surface area contributed by atoms with Crippen LogP contribution in [0, 0.1) is 13.8 Å². The van der Waals surface area contributed by atoms with Gasteiger partial charge in [-0.2, -0.15) is 0 Å². The van der Waals surface area contributed by atoms with Crippen LogP contribution in [0.25, 0.3) is 11.0 Å². The fraction of sp³-hybridized carbons (Fsp3) is 0.269. The summed E-state index contributed by atoms with van der Waals surface area (Å²) in [4.78, 5) is 21.5. The van der Waals surface area contributed by atoms with Crippen molar-refractivity contribution in [3.05, 3.63) is 89.5 Å². The van der Waals surface area contributed by atoms with Gasteiger partial charge >= 0.3 is 0 Å². The van der Waals surface area contributed by atoms with Crippen LogP contribution in [0.3, 0.4) is 0 Å². The summed E-state index contributed by atoms with van der Waals surface area (Å²) in [6.45, 7) is 7.42. The molecule has 0 radical (unpaired) electrons. The number of imidazole rings is 1. The smallest absolute Gasteiger partial charge is 0.270 e. The lowest BCUT2D eigenvalue weighted by molar-refractivity contribution is 0.0932. The maximum atomic E-state index is 12.6. The summed E-state index contributed by atoms with van der Waals surface area (Å²) in [6, 6.07) is 19.3. The van der Waals surface area contributed by atoms with Crippen molar-refractivity contribution in [3.8, 4) is 5.75 Å². The molecule has 0 fully saturated rings. The third-order valence-corrected chi connectivity index (χ3v) is 5.44. The van der Waals surface area contributed by atoms with E-state index in [0.29, 0.717) is 12.3 Å². The molecule has 0 aliphatic carbocycles. The van der Waals surface area contributed by atoms with Gasteiger partial charge < -0.3 is 14.6 Å². The van der Waals surface area contributed by atoms with Gasteiger partial charge in [0.2, 0.25) is 0 Å². The third kappa shape index (κ3) is 4.80. The van der Waals surface area contributed by atoms with Crippen LogP contribution in [0.15, 0.2) is 66.9 Å². The Kier molecular flexibility index (Phi) is 6.50. The molecule has 2 aromatic heterocycles. The zero-order chi connectivity index (χ0) is 22.5. The number of carbonyl (C=O) groups is 1. The highest BCUT2D eigenvalue weighted by molar-refractivity contribution is 5.92. The van der Waals surface area contributed by atoms with E-state index in [-0.39, 0.29) is 11.9 Å². The van der Waals surface area contributed by atoms with Crippen molar-refractivity contribution in [2.75, 3.05) is 6.61 Å². The molecule has 2 heterocycles. The lowest BCUT2D eigenvalue weighted by atomic mass is 10.1. The van der Waals surface area contributed by atoms with Crippen LogP contribution in [0.1, 0.15) is 46.8 Å². The summed E-state index contributed by atoms with van der Waals surface area (Å²) in [5, 5.41) is 3.03. The monoisotopic (exact) mass is 428 g/mol. The number of hydrogen-bond donors (Lipinski definition) is 1. The first-order chi connectivity index (χ1) is 15.5. The molecule has 0 spiro atoms. The Bertz CT molecular complexity index is 1220. The van der Waals surface area contributed by atoms with Gasteiger partial charge in [0.05, 0.1) is 23.7 Å². The zero-order valence-corrected chi connectivity index (χ0v) is 18.7. The van der Waals surface area contributed by atoms with Crippen molar-refractivity contribution in [1.29, 1.82) is 0 Å². The van der Waals surface area contributed by atoms with Crippen LogP contribution >= 0.6 is 0 Å². The van der Waals surface area contributed by atoms with Crippen LogP contribution < -0.4 is 10.1 Å². The van der Waals surface area contributed by atoms with Crippen molar-refractivity contribution < 1.29 is 9.53 Å². The highest BCUT2D eigenvalue weighted by Crippen LogP contribution is 2.23. The van der Waals surface area contributed by atoms with Gasteiger partial charge in [0.25, 0.3) is 5.91 Å². The largest absolute Gasteiger partial charge is 0.493 e. The Labute approximate surface area is 188 Å². The second kappa shape index (κ2) is 9.64. The molecule has 1 unspecified atom stereocenters. The molecule has 6 nitrogen and oxygen atoms in total. The first-order valence-corrected chi connectivity index (χ1v) is 10.9. The minimum atomic E-state index is -0.267. The highest BCUT2D eigenvalue weighted by atomic mass is 16.5. The number of rotatable bonds is 8. The predicted molar refractivity (Wildman–Crippen MR) is 126 cm³/mol. The van der Waals surface area contributed by atoms with Crippen LogP contribution in [0.4, 0.5) is 0 Å². The molecule has 164 valence electrons. The topological polar surface area (TPSA) is 69.0 Å². The summed E-state index contributed by atoms with van der Waals surface area (Å²) in [5.74, 6) is 1.54. The average molecular weight is 429 g/mol. The van der Waals surface area contributed by atoms with Gasteiger partial charge in [0.1, 0.15) is 17.3 Å². The van der Waals surface area contributed by atoms with Crippen LogP contribution in [0.5, 0.6) is 5.75 Å². The quantitative estimate of drug-likeness (QED) is 0.401. The number of ether oxygens (including phenoxy) is 1. The number of pyridine rings is 1. The lowest BCUT2D eigenvalue weighted by Gasteiger charge is -2.17. The maximum absolute atomic E-state index is 12.6. The van der Waals surface area contributed by atoms with Gasteiger partial charge in [-0.3, -0.25) is 9.78 Å². The summed E-state index contributed by atoms with van der Waals surface area (Å²) in [5.41, 5.74) is 4.68. The van der Waals surface area contributed by atoms with Gasteiger partial charge in [0.15, 0.2) is 0 Å². The van der Waals surface area contributed by atoms with Crippen molar-refractivity contribution in [2.24, 2.45) is 0 Å². The van der Waals surface area contributed by atoms with Crippen molar-refractivity contribution in [1.82, 2.24) is 19.9 Å². The molecule has 4 rings (SSSR count). The molecule has 4 aromatic rings. The molecule has 1 N–H and O–H groups in total. The maximum Gasteiger partial charge on any atom is 0.270 e. The van der Waals surface area contributed by atoms with Crippen molar-refractivity contribution in [3.63, 3.8) is 0 Å². The molecule has 1 atom stereocenters. The fourth-order valence-corrected chi connectivity index (χ4v) is 3.76. The Morgan fingerprint density at radius 1 is 1.09 bits per heavy atom. The summed E-state index contributed by atoms with van der Waals surface area (Å²) in [7, 11) is 0. The van der Waals surface area contributed by atoms with E-state index in [0.717, 1.165) is 41.1 Å². The van der Waals surface area contributed by atoms with Crippen molar-refractivity contribution in [2.45, 2.75) is 39.8 Å². The molecule has 0 aliphatic rings. The normalized spacial score (nSPS) is 12.0. The molecule has 0 aliphatic heterocycles. The summed E-state index contributed by atoms with van der Waals surface area (Å²) >= 11 is 0. The summed E-state index contributed by atoms with van der Waals surface area (Å²) < 4.78 is 8.21.